The topological polar surface area (TPSA) is 73.5 Å². The number of carbonyl (C=O) groups excluding carboxylic acids is 2. The van der Waals surface area contributed by atoms with Crippen LogP contribution in [0.4, 0.5) is 10.5 Å². The zero-order chi connectivity index (χ0) is 17.4. The van der Waals surface area contributed by atoms with Gasteiger partial charge in [-0.1, -0.05) is 18.2 Å². The van der Waals surface area contributed by atoms with Gasteiger partial charge >= 0.3 is 6.03 Å². The summed E-state index contributed by atoms with van der Waals surface area (Å²) in [5.74, 6) is 0.416. The Morgan fingerprint density at radius 3 is 2.67 bits per heavy atom. The quantitative estimate of drug-likeness (QED) is 0.712. The third kappa shape index (κ3) is 6.10. The summed E-state index contributed by atoms with van der Waals surface area (Å²) in [4.78, 5) is 25.6. The first-order valence-electron chi connectivity index (χ1n) is 8.65. The predicted octanol–water partition coefficient (Wildman–Crippen LogP) is 1.73. The van der Waals surface area contributed by atoms with Gasteiger partial charge in [-0.15, -0.1) is 0 Å². The fourth-order valence-corrected chi connectivity index (χ4v) is 2.86. The van der Waals surface area contributed by atoms with Gasteiger partial charge in [-0.25, -0.2) is 4.79 Å². The van der Waals surface area contributed by atoms with E-state index in [9.17, 15) is 9.59 Å². The van der Waals surface area contributed by atoms with E-state index in [-0.39, 0.29) is 18.0 Å². The summed E-state index contributed by atoms with van der Waals surface area (Å²) in [5, 5.41) is 8.43. The van der Waals surface area contributed by atoms with E-state index in [1.54, 1.807) is 0 Å². The maximum Gasteiger partial charge on any atom is 0.314 e. The average molecular weight is 332 g/mol. The predicted molar refractivity (Wildman–Crippen MR) is 96.1 cm³/mol. The molecule has 1 aliphatic rings. The monoisotopic (exact) mass is 332 g/mol. The fourth-order valence-electron chi connectivity index (χ4n) is 2.86. The van der Waals surface area contributed by atoms with Gasteiger partial charge in [-0.05, 0) is 38.3 Å². The highest BCUT2D eigenvalue weighted by Crippen LogP contribution is 2.22. The molecule has 0 aromatic heterocycles. The lowest BCUT2D eigenvalue weighted by Gasteiger charge is -2.18. The van der Waals surface area contributed by atoms with Gasteiger partial charge in [0.1, 0.15) is 0 Å². The maximum atomic E-state index is 11.8. The van der Waals surface area contributed by atoms with Crippen LogP contribution in [0.25, 0.3) is 0 Å². The first kappa shape index (κ1) is 18.1. The van der Waals surface area contributed by atoms with E-state index in [4.69, 9.17) is 0 Å². The molecule has 1 aliphatic heterocycles. The molecule has 1 aromatic carbocycles. The number of carbonyl (C=O) groups is 2. The number of urea groups is 1. The van der Waals surface area contributed by atoms with Crippen LogP contribution in [0.1, 0.15) is 26.7 Å². The lowest BCUT2D eigenvalue weighted by atomic mass is 10.1. The van der Waals surface area contributed by atoms with Gasteiger partial charge in [-0.2, -0.15) is 0 Å². The first-order chi connectivity index (χ1) is 11.5. The second-order valence-electron chi connectivity index (χ2n) is 6.55. The molecule has 24 heavy (non-hydrogen) atoms. The molecule has 0 aliphatic carbocycles. The summed E-state index contributed by atoms with van der Waals surface area (Å²) in [6, 6.07) is 10.3. The molecule has 1 fully saturated rings. The zero-order valence-corrected chi connectivity index (χ0v) is 14.5. The zero-order valence-electron chi connectivity index (χ0n) is 14.5. The normalized spacial score (nSPS) is 17.0. The van der Waals surface area contributed by atoms with Crippen LogP contribution in [-0.2, 0) is 4.79 Å². The minimum Gasteiger partial charge on any atom is -0.371 e. The maximum absolute atomic E-state index is 11.8. The van der Waals surface area contributed by atoms with Crippen LogP contribution in [0, 0.1) is 5.92 Å². The van der Waals surface area contributed by atoms with E-state index in [0.717, 1.165) is 19.5 Å². The Bertz CT molecular complexity index is 533. The molecule has 2 rings (SSSR count). The Labute approximate surface area is 144 Å². The molecule has 1 aromatic rings. The van der Waals surface area contributed by atoms with Crippen molar-refractivity contribution in [2.24, 2.45) is 5.92 Å². The Balaban J connectivity index is 1.60. The minimum atomic E-state index is -0.203. The Hall–Kier alpha value is -2.24. The van der Waals surface area contributed by atoms with E-state index in [2.05, 4.69) is 33.0 Å². The van der Waals surface area contributed by atoms with Crippen molar-refractivity contribution in [1.82, 2.24) is 16.0 Å². The van der Waals surface area contributed by atoms with E-state index < -0.39 is 0 Å². The third-order valence-electron chi connectivity index (χ3n) is 4.05. The third-order valence-corrected chi connectivity index (χ3v) is 4.05. The van der Waals surface area contributed by atoms with E-state index >= 15 is 0 Å². The van der Waals surface area contributed by atoms with E-state index in [0.29, 0.717) is 25.4 Å². The fraction of sp³-hybridized carbons (Fsp3) is 0.556. The Kier molecular flexibility index (Phi) is 6.90. The molecule has 132 valence electrons. The largest absolute Gasteiger partial charge is 0.371 e. The van der Waals surface area contributed by atoms with E-state index in [1.165, 1.54) is 5.69 Å². The molecule has 0 saturated carbocycles. The number of nitrogens with zero attached hydrogens (tertiary/aromatic N) is 1. The number of anilines is 1. The Morgan fingerprint density at radius 1 is 1.21 bits per heavy atom. The van der Waals surface area contributed by atoms with Gasteiger partial charge in [0.2, 0.25) is 5.91 Å². The van der Waals surface area contributed by atoms with E-state index in [1.807, 2.05) is 32.0 Å². The van der Waals surface area contributed by atoms with Crippen molar-refractivity contribution in [1.29, 1.82) is 0 Å². The van der Waals surface area contributed by atoms with Crippen LogP contribution in [-0.4, -0.2) is 44.2 Å². The van der Waals surface area contributed by atoms with Crippen LogP contribution in [0.2, 0.25) is 0 Å². The van der Waals surface area contributed by atoms with Crippen LogP contribution in [0.3, 0.4) is 0 Å². The second-order valence-corrected chi connectivity index (χ2v) is 6.55. The van der Waals surface area contributed by atoms with Gasteiger partial charge in [0.15, 0.2) is 0 Å². The molecule has 1 saturated heterocycles. The molecule has 0 radical (unpaired) electrons. The van der Waals surface area contributed by atoms with Gasteiger partial charge in [0, 0.05) is 44.3 Å². The summed E-state index contributed by atoms with van der Waals surface area (Å²) in [6.45, 7) is 6.82. The summed E-state index contributed by atoms with van der Waals surface area (Å²) in [5.41, 5.74) is 1.24. The number of hydrogen-bond acceptors (Lipinski definition) is 3. The van der Waals surface area contributed by atoms with Gasteiger partial charge in [0.25, 0.3) is 0 Å². The summed E-state index contributed by atoms with van der Waals surface area (Å²) in [6.07, 6.45) is 1.38. The van der Waals surface area contributed by atoms with Crippen molar-refractivity contribution in [3.63, 3.8) is 0 Å². The van der Waals surface area contributed by atoms with Crippen LogP contribution in [0.15, 0.2) is 30.3 Å². The summed E-state index contributed by atoms with van der Waals surface area (Å²) in [7, 11) is 0. The summed E-state index contributed by atoms with van der Waals surface area (Å²) >= 11 is 0. The average Bonchev–Trinajstić information content (AvgIpc) is 3.02. The number of benzene rings is 1. The molecule has 6 nitrogen and oxygen atoms in total. The second kappa shape index (κ2) is 9.15. The lowest BCUT2D eigenvalue weighted by Crippen LogP contribution is -2.40. The van der Waals surface area contributed by atoms with Crippen molar-refractivity contribution in [2.75, 3.05) is 31.1 Å². The minimum absolute atomic E-state index is 0.0420. The van der Waals surface area contributed by atoms with Crippen LogP contribution < -0.4 is 20.9 Å². The van der Waals surface area contributed by atoms with Crippen molar-refractivity contribution < 1.29 is 9.59 Å². The molecule has 3 N–H and O–H groups in total. The molecule has 0 spiro atoms. The van der Waals surface area contributed by atoms with Crippen LogP contribution in [0.5, 0.6) is 0 Å². The highest BCUT2D eigenvalue weighted by Gasteiger charge is 2.22. The SMILES string of the molecule is CC(C)NC(=O)CCNC(=O)NCC1CCN(c2ccccc2)C1. The molecule has 1 atom stereocenters. The lowest BCUT2D eigenvalue weighted by molar-refractivity contribution is -0.121. The first-order valence-corrected chi connectivity index (χ1v) is 8.65. The van der Waals surface area contributed by atoms with Gasteiger partial charge in [-0.3, -0.25) is 4.79 Å². The standard InChI is InChI=1S/C18H28N4O2/c1-14(2)21-17(23)8-10-19-18(24)20-12-15-9-11-22(13-15)16-6-4-3-5-7-16/h3-7,14-15H,8-13H2,1-2H3,(H,21,23)(H2,19,20,24). The molecular weight excluding hydrogens is 304 g/mol. The molecule has 1 unspecified atom stereocenters. The number of nitrogens with one attached hydrogen (secondary N) is 3. The van der Waals surface area contributed by atoms with Crippen molar-refractivity contribution in [3.8, 4) is 0 Å². The highest BCUT2D eigenvalue weighted by molar-refractivity contribution is 5.78. The van der Waals surface area contributed by atoms with Gasteiger partial charge < -0.3 is 20.9 Å². The smallest absolute Gasteiger partial charge is 0.314 e. The number of hydrogen-bond donors (Lipinski definition) is 3. The van der Waals surface area contributed by atoms with Gasteiger partial charge in [0.05, 0.1) is 0 Å². The Morgan fingerprint density at radius 2 is 1.96 bits per heavy atom. The van der Waals surface area contributed by atoms with Crippen LogP contribution >= 0.6 is 0 Å². The number of amides is 3. The molecule has 6 heteroatoms. The van der Waals surface area contributed by atoms with Crippen molar-refractivity contribution >= 4 is 17.6 Å². The molecule has 3 amide bonds. The molecule has 0 bridgehead atoms. The summed E-state index contributed by atoms with van der Waals surface area (Å²) < 4.78 is 0. The number of rotatable bonds is 7. The molecular formula is C18H28N4O2. The highest BCUT2D eigenvalue weighted by atomic mass is 16.2. The number of para-hydroxylation sites is 1. The van der Waals surface area contributed by atoms with Crippen molar-refractivity contribution in [2.45, 2.75) is 32.7 Å². The van der Waals surface area contributed by atoms with Crippen molar-refractivity contribution in [3.05, 3.63) is 30.3 Å². The molecule has 1 heterocycles.